The fraction of sp³-hybridized carbons (Fsp3) is 0.278. The van der Waals surface area contributed by atoms with Crippen LogP contribution in [0.3, 0.4) is 0 Å². The van der Waals surface area contributed by atoms with Crippen LogP contribution in [0.1, 0.15) is 35.3 Å². The molecular formula is C18H19F3N2O3S. The van der Waals surface area contributed by atoms with E-state index in [1.165, 1.54) is 51.1 Å². The first kappa shape index (κ1) is 20.8. The second-order valence-corrected chi connectivity index (χ2v) is 8.49. The Hall–Kier alpha value is -2.55. The molecule has 2 aromatic carbocycles. The van der Waals surface area contributed by atoms with Crippen LogP contribution in [0, 0.1) is 6.92 Å². The van der Waals surface area contributed by atoms with Crippen molar-refractivity contribution in [2.75, 3.05) is 10.0 Å². The van der Waals surface area contributed by atoms with Crippen LogP contribution >= 0.6 is 0 Å². The predicted molar refractivity (Wildman–Crippen MR) is 98.3 cm³/mol. The summed E-state index contributed by atoms with van der Waals surface area (Å²) >= 11 is 0. The van der Waals surface area contributed by atoms with Gasteiger partial charge in [0.2, 0.25) is 10.0 Å². The van der Waals surface area contributed by atoms with Gasteiger partial charge in [0.05, 0.1) is 10.8 Å². The molecule has 0 bridgehead atoms. The molecule has 0 fully saturated rings. The van der Waals surface area contributed by atoms with Crippen molar-refractivity contribution in [1.29, 1.82) is 0 Å². The molecule has 0 aromatic heterocycles. The van der Waals surface area contributed by atoms with E-state index in [4.69, 9.17) is 0 Å². The number of benzene rings is 2. The zero-order valence-electron chi connectivity index (χ0n) is 14.9. The molecule has 0 saturated heterocycles. The first-order chi connectivity index (χ1) is 12.4. The van der Waals surface area contributed by atoms with Crippen molar-refractivity contribution in [1.82, 2.24) is 0 Å². The van der Waals surface area contributed by atoms with Gasteiger partial charge < -0.3 is 5.32 Å². The van der Waals surface area contributed by atoms with E-state index in [1.807, 2.05) is 0 Å². The van der Waals surface area contributed by atoms with E-state index in [9.17, 15) is 26.4 Å². The van der Waals surface area contributed by atoms with Crippen LogP contribution in [0.4, 0.5) is 24.5 Å². The van der Waals surface area contributed by atoms with Gasteiger partial charge in [-0.05, 0) is 68.8 Å². The highest BCUT2D eigenvalue weighted by Gasteiger charge is 2.30. The number of amides is 1. The summed E-state index contributed by atoms with van der Waals surface area (Å²) in [6, 6.07) is 8.77. The Morgan fingerprint density at radius 1 is 1.04 bits per heavy atom. The highest BCUT2D eigenvalue weighted by atomic mass is 32.2. The van der Waals surface area contributed by atoms with Crippen molar-refractivity contribution in [2.24, 2.45) is 0 Å². The van der Waals surface area contributed by atoms with Gasteiger partial charge in [0.15, 0.2) is 0 Å². The van der Waals surface area contributed by atoms with Gasteiger partial charge in [-0.15, -0.1) is 0 Å². The third-order valence-corrected chi connectivity index (χ3v) is 5.59. The zero-order chi connectivity index (χ0) is 20.4. The van der Waals surface area contributed by atoms with E-state index in [-0.39, 0.29) is 16.8 Å². The molecule has 0 unspecified atom stereocenters. The molecule has 27 heavy (non-hydrogen) atoms. The van der Waals surface area contributed by atoms with Gasteiger partial charge in [-0.3, -0.25) is 9.52 Å². The summed E-state index contributed by atoms with van der Waals surface area (Å²) in [5.74, 6) is -0.517. The summed E-state index contributed by atoms with van der Waals surface area (Å²) in [6.45, 7) is 4.54. The van der Waals surface area contributed by atoms with Crippen molar-refractivity contribution in [3.05, 3.63) is 59.2 Å². The van der Waals surface area contributed by atoms with E-state index in [0.717, 1.165) is 12.1 Å². The lowest BCUT2D eigenvalue weighted by atomic mass is 10.1. The van der Waals surface area contributed by atoms with Crippen LogP contribution in [0.15, 0.2) is 42.5 Å². The van der Waals surface area contributed by atoms with Crippen molar-refractivity contribution in [3.63, 3.8) is 0 Å². The highest BCUT2D eigenvalue weighted by Crippen LogP contribution is 2.31. The average molecular weight is 400 g/mol. The number of aryl methyl sites for hydroxylation is 1. The number of halogens is 3. The van der Waals surface area contributed by atoms with Gasteiger partial charge >= 0.3 is 6.18 Å². The van der Waals surface area contributed by atoms with E-state index in [0.29, 0.717) is 5.69 Å². The van der Waals surface area contributed by atoms with E-state index in [1.54, 1.807) is 0 Å². The van der Waals surface area contributed by atoms with Crippen LogP contribution in [0.5, 0.6) is 0 Å². The monoisotopic (exact) mass is 400 g/mol. The Bertz CT molecular complexity index is 937. The second-order valence-electron chi connectivity index (χ2n) is 6.25. The Balaban J connectivity index is 2.13. The molecule has 2 rings (SSSR count). The summed E-state index contributed by atoms with van der Waals surface area (Å²) < 4.78 is 64.1. The zero-order valence-corrected chi connectivity index (χ0v) is 15.7. The van der Waals surface area contributed by atoms with Crippen LogP contribution in [-0.2, 0) is 16.2 Å². The number of nitrogens with one attached hydrogen (secondary N) is 2. The largest absolute Gasteiger partial charge is 0.416 e. The molecule has 0 heterocycles. The summed E-state index contributed by atoms with van der Waals surface area (Å²) in [6.07, 6.45) is -4.45. The number of sulfonamides is 1. The smallest absolute Gasteiger partial charge is 0.322 e. The minimum atomic E-state index is -4.45. The lowest BCUT2D eigenvalue weighted by Gasteiger charge is -2.13. The highest BCUT2D eigenvalue weighted by molar-refractivity contribution is 7.93. The maximum atomic E-state index is 12.7. The second kappa shape index (κ2) is 7.59. The molecule has 0 atom stereocenters. The molecule has 5 nitrogen and oxygen atoms in total. The molecule has 2 N–H and O–H groups in total. The average Bonchev–Trinajstić information content (AvgIpc) is 2.55. The van der Waals surface area contributed by atoms with Crippen LogP contribution in [-0.4, -0.2) is 19.6 Å². The number of anilines is 2. The van der Waals surface area contributed by atoms with Crippen molar-refractivity contribution < 1.29 is 26.4 Å². The normalized spacial score (nSPS) is 12.1. The summed E-state index contributed by atoms with van der Waals surface area (Å²) in [7, 11) is -3.50. The standard InChI is InChI=1S/C18H19F3N2O3S/c1-11(2)27(25,26)23-15-7-4-13(5-8-15)17(24)22-16-9-6-14(10-12(16)3)18(19,20)21/h4-11,23H,1-3H3,(H,22,24). The number of carbonyl (C=O) groups is 1. The Labute approximate surface area is 155 Å². The minimum absolute atomic E-state index is 0.238. The summed E-state index contributed by atoms with van der Waals surface area (Å²) in [5, 5.41) is 1.94. The molecule has 9 heteroatoms. The molecule has 0 radical (unpaired) electrons. The van der Waals surface area contributed by atoms with Gasteiger partial charge in [-0.2, -0.15) is 13.2 Å². The van der Waals surface area contributed by atoms with Crippen molar-refractivity contribution in [3.8, 4) is 0 Å². The summed E-state index contributed by atoms with van der Waals surface area (Å²) in [4.78, 5) is 12.3. The molecule has 146 valence electrons. The predicted octanol–water partition coefficient (Wildman–Crippen LogP) is 4.42. The topological polar surface area (TPSA) is 75.3 Å². The quantitative estimate of drug-likeness (QED) is 0.780. The van der Waals surface area contributed by atoms with Gasteiger partial charge in [0.1, 0.15) is 0 Å². The van der Waals surface area contributed by atoms with Gasteiger partial charge in [-0.1, -0.05) is 0 Å². The molecule has 0 aliphatic heterocycles. The van der Waals surface area contributed by atoms with Gasteiger partial charge in [-0.25, -0.2) is 8.42 Å². The number of hydrogen-bond acceptors (Lipinski definition) is 3. The molecule has 2 aromatic rings. The Morgan fingerprint density at radius 3 is 2.11 bits per heavy atom. The molecular weight excluding hydrogens is 381 g/mol. The van der Waals surface area contributed by atoms with Crippen LogP contribution in [0.25, 0.3) is 0 Å². The lowest BCUT2D eigenvalue weighted by Crippen LogP contribution is -2.22. The fourth-order valence-electron chi connectivity index (χ4n) is 2.15. The van der Waals surface area contributed by atoms with Crippen molar-refractivity contribution >= 4 is 27.3 Å². The minimum Gasteiger partial charge on any atom is -0.322 e. The van der Waals surface area contributed by atoms with Crippen molar-refractivity contribution in [2.45, 2.75) is 32.2 Å². The Morgan fingerprint density at radius 2 is 1.63 bits per heavy atom. The van der Waals surface area contributed by atoms with E-state index in [2.05, 4.69) is 10.0 Å². The number of hydrogen-bond donors (Lipinski definition) is 2. The van der Waals surface area contributed by atoms with Gasteiger partial charge in [0.25, 0.3) is 5.91 Å². The molecule has 1 amide bonds. The van der Waals surface area contributed by atoms with Crippen LogP contribution < -0.4 is 10.0 Å². The number of rotatable bonds is 5. The maximum Gasteiger partial charge on any atom is 0.416 e. The molecule has 0 aliphatic carbocycles. The first-order valence-corrected chi connectivity index (χ1v) is 9.55. The third kappa shape index (κ3) is 5.22. The Kier molecular flexibility index (Phi) is 5.84. The molecule has 0 saturated carbocycles. The maximum absolute atomic E-state index is 12.7. The fourth-order valence-corrected chi connectivity index (χ4v) is 2.85. The van der Waals surface area contributed by atoms with Gasteiger partial charge in [0, 0.05) is 16.9 Å². The SMILES string of the molecule is Cc1cc(C(F)(F)F)ccc1NC(=O)c1ccc(NS(=O)(=O)C(C)C)cc1. The van der Waals surface area contributed by atoms with E-state index >= 15 is 0 Å². The van der Waals surface area contributed by atoms with Crippen LogP contribution in [0.2, 0.25) is 0 Å². The molecule has 0 spiro atoms. The number of carbonyl (C=O) groups excluding carboxylic acids is 1. The van der Waals surface area contributed by atoms with E-state index < -0.39 is 32.9 Å². The molecule has 0 aliphatic rings. The third-order valence-electron chi connectivity index (χ3n) is 3.83. The number of alkyl halides is 3. The lowest BCUT2D eigenvalue weighted by molar-refractivity contribution is -0.137. The first-order valence-electron chi connectivity index (χ1n) is 8.01. The summed E-state index contributed by atoms with van der Waals surface area (Å²) in [5.41, 5.74) is 0.296.